The molecule has 0 N–H and O–H groups in total. The maximum Gasteiger partial charge on any atom is 0.262 e. The van der Waals surface area contributed by atoms with Gasteiger partial charge in [0.2, 0.25) is 0 Å². The lowest BCUT2D eigenvalue weighted by atomic mass is 9.79. The zero-order valence-corrected chi connectivity index (χ0v) is 42.5. The van der Waals surface area contributed by atoms with Gasteiger partial charge < -0.3 is 0 Å². The van der Waals surface area contributed by atoms with Crippen LogP contribution in [0.15, 0.2) is 67.7 Å². The summed E-state index contributed by atoms with van der Waals surface area (Å²) >= 11 is 0. The molecular weight excluding hydrogens is 837 g/mol. The minimum atomic E-state index is -0.269. The SMILES string of the molecule is CCCCCCCCC(CCCCCCCC)Cn1c(=O)c2c3c4ccccc4c3c3c(=O)n(CC(CCCCCCCC)CCCCCCCC)c(=O)c4c5c6ccccc6c5c(c1=O)c2c34. The average molecular weight is 919 g/mol. The van der Waals surface area contributed by atoms with E-state index in [9.17, 15) is 0 Å². The van der Waals surface area contributed by atoms with Gasteiger partial charge in [-0.2, -0.15) is 0 Å². The lowest BCUT2D eigenvalue weighted by Gasteiger charge is -2.26. The Kier molecular flexibility index (Phi) is 17.5. The van der Waals surface area contributed by atoms with E-state index in [0.717, 1.165) is 94.5 Å². The van der Waals surface area contributed by atoms with E-state index < -0.39 is 0 Å². The van der Waals surface area contributed by atoms with E-state index in [1.807, 2.05) is 24.3 Å². The normalized spacial score (nSPS) is 12.6. The van der Waals surface area contributed by atoms with Gasteiger partial charge in [-0.15, -0.1) is 0 Å². The fraction of sp³-hybridized carbons (Fsp3) is 0.581. The third-order valence-corrected chi connectivity index (χ3v) is 16.3. The summed E-state index contributed by atoms with van der Waals surface area (Å²) in [7, 11) is 0. The van der Waals surface area contributed by atoms with E-state index in [1.54, 1.807) is 9.13 Å². The quantitative estimate of drug-likeness (QED) is 0.0311. The van der Waals surface area contributed by atoms with Gasteiger partial charge in [0.25, 0.3) is 22.2 Å². The first kappa shape index (κ1) is 49.8. The number of aromatic nitrogens is 2. The molecule has 0 radical (unpaired) electrons. The third kappa shape index (κ3) is 10.0. The number of unbranched alkanes of at least 4 members (excludes halogenated alkanes) is 20. The van der Waals surface area contributed by atoms with Crippen LogP contribution in [0, 0.1) is 11.8 Å². The lowest BCUT2D eigenvalue weighted by molar-refractivity contribution is 0.350. The number of hydrogen-bond acceptors (Lipinski definition) is 4. The Labute approximate surface area is 405 Å². The molecule has 8 rings (SSSR count). The second-order valence-electron chi connectivity index (χ2n) is 21.2. The van der Waals surface area contributed by atoms with Gasteiger partial charge in [0.05, 0.1) is 21.5 Å². The zero-order valence-electron chi connectivity index (χ0n) is 42.5. The molecule has 0 saturated heterocycles. The van der Waals surface area contributed by atoms with E-state index in [4.69, 9.17) is 0 Å². The van der Waals surface area contributed by atoms with E-state index in [2.05, 4.69) is 52.0 Å². The molecule has 6 nitrogen and oxygen atoms in total. The first-order valence-electron chi connectivity index (χ1n) is 28.0. The summed E-state index contributed by atoms with van der Waals surface area (Å²) in [4.78, 5) is 62.1. The van der Waals surface area contributed by atoms with Crippen molar-refractivity contribution in [1.82, 2.24) is 9.13 Å². The summed E-state index contributed by atoms with van der Waals surface area (Å²) in [6.45, 7) is 9.80. The van der Waals surface area contributed by atoms with Crippen molar-refractivity contribution in [2.75, 3.05) is 0 Å². The van der Waals surface area contributed by atoms with E-state index >= 15 is 19.2 Å². The van der Waals surface area contributed by atoms with Crippen LogP contribution in [0.5, 0.6) is 0 Å². The number of pyridine rings is 2. The van der Waals surface area contributed by atoms with Crippen LogP contribution < -0.4 is 22.2 Å². The summed E-state index contributed by atoms with van der Waals surface area (Å²) in [5, 5.41) is 10.0. The van der Waals surface area contributed by atoms with Gasteiger partial charge in [-0.05, 0) is 59.1 Å². The predicted octanol–water partition coefficient (Wildman–Crippen LogP) is 16.8. The highest BCUT2D eigenvalue weighted by molar-refractivity contribution is 6.51. The van der Waals surface area contributed by atoms with E-state index in [-0.39, 0.29) is 34.1 Å². The third-order valence-electron chi connectivity index (χ3n) is 16.3. The molecule has 0 bridgehead atoms. The minimum absolute atomic E-state index is 0.211. The van der Waals surface area contributed by atoms with Gasteiger partial charge in [0.15, 0.2) is 0 Å². The summed E-state index contributed by atoms with van der Waals surface area (Å²) in [5.74, 6) is 0.423. The Morgan fingerprint density at radius 2 is 0.515 bits per heavy atom. The molecule has 0 amide bonds. The van der Waals surface area contributed by atoms with Crippen molar-refractivity contribution in [3.63, 3.8) is 0 Å². The molecule has 8 aromatic rings. The van der Waals surface area contributed by atoms with Gasteiger partial charge >= 0.3 is 0 Å². The maximum atomic E-state index is 15.5. The van der Waals surface area contributed by atoms with Crippen LogP contribution in [0.2, 0.25) is 0 Å². The van der Waals surface area contributed by atoms with Crippen molar-refractivity contribution in [2.45, 2.75) is 221 Å². The largest absolute Gasteiger partial charge is 0.274 e. The monoisotopic (exact) mass is 919 g/mol. The van der Waals surface area contributed by atoms with Crippen LogP contribution in [0.4, 0.5) is 0 Å². The Balaban J connectivity index is 1.30. The fourth-order valence-corrected chi connectivity index (χ4v) is 12.5. The van der Waals surface area contributed by atoms with Crippen molar-refractivity contribution in [2.24, 2.45) is 11.8 Å². The minimum Gasteiger partial charge on any atom is -0.274 e. The van der Waals surface area contributed by atoms with Crippen molar-refractivity contribution >= 4 is 75.4 Å². The second-order valence-corrected chi connectivity index (χ2v) is 21.2. The highest BCUT2D eigenvalue weighted by Crippen LogP contribution is 2.50. The average Bonchev–Trinajstić information content (AvgIpc) is 3.34. The number of nitrogens with zero attached hydrogens (tertiary/aromatic N) is 2. The second kappa shape index (κ2) is 23.8. The van der Waals surface area contributed by atoms with Crippen LogP contribution in [-0.2, 0) is 13.1 Å². The molecule has 364 valence electrons. The highest BCUT2D eigenvalue weighted by Gasteiger charge is 2.33. The Morgan fingerprint density at radius 3 is 0.750 bits per heavy atom. The van der Waals surface area contributed by atoms with Crippen molar-refractivity contribution in [3.05, 3.63) is 89.9 Å². The van der Waals surface area contributed by atoms with E-state index in [0.29, 0.717) is 45.4 Å². The van der Waals surface area contributed by atoms with Gasteiger partial charge in [0, 0.05) is 45.4 Å². The molecule has 6 heteroatoms. The summed E-state index contributed by atoms with van der Waals surface area (Å²) in [6, 6.07) is 16.3. The Hall–Kier alpha value is -4.58. The first-order valence-corrected chi connectivity index (χ1v) is 28.0. The molecule has 0 aliphatic heterocycles. The van der Waals surface area contributed by atoms with Crippen LogP contribution in [0.3, 0.4) is 0 Å². The van der Waals surface area contributed by atoms with Crippen LogP contribution in [0.1, 0.15) is 207 Å². The van der Waals surface area contributed by atoms with Crippen molar-refractivity contribution in [1.29, 1.82) is 0 Å². The molecule has 0 aliphatic carbocycles. The van der Waals surface area contributed by atoms with Gasteiger partial charge in [-0.25, -0.2) is 0 Å². The maximum absolute atomic E-state index is 15.5. The number of benzene rings is 4. The summed E-state index contributed by atoms with van der Waals surface area (Å²) in [5.41, 5.74) is -1.08. The molecule has 0 aliphatic rings. The fourth-order valence-electron chi connectivity index (χ4n) is 12.5. The molecule has 0 saturated carbocycles. The summed E-state index contributed by atoms with van der Waals surface area (Å²) < 4.78 is 3.18. The van der Waals surface area contributed by atoms with Crippen LogP contribution >= 0.6 is 0 Å². The van der Waals surface area contributed by atoms with Gasteiger partial charge in [-0.1, -0.05) is 230 Å². The van der Waals surface area contributed by atoms with Crippen molar-refractivity contribution in [3.8, 4) is 0 Å². The predicted molar refractivity (Wildman–Crippen MR) is 294 cm³/mol. The molecular formula is C62H82N2O4. The standard InChI is InChI=1S/C62H82N2O4/c1-5-9-13-17-21-25-33-43(34-26-22-18-14-10-6-2)41-63-59(65)55-49-45-37-29-31-39-47(45)51(49)57-54-53(55)56(60(63)66)50-46-38-30-32-40-48(46)52(50)58(54)62(68)64(61(57)67)42-44(35-27-23-19-15-11-7-3)36-28-24-20-16-12-8-4/h29-32,37-40,43-44H,5-28,33-36,41-42H2,1-4H3. The number of rotatable bonds is 32. The van der Waals surface area contributed by atoms with E-state index in [1.165, 1.54) is 128 Å². The van der Waals surface area contributed by atoms with Gasteiger partial charge in [0.1, 0.15) is 0 Å². The molecule has 68 heavy (non-hydrogen) atoms. The molecule has 0 fully saturated rings. The lowest BCUT2D eigenvalue weighted by Crippen LogP contribution is -2.38. The molecule has 0 atom stereocenters. The van der Waals surface area contributed by atoms with Gasteiger partial charge in [-0.3, -0.25) is 28.3 Å². The Bertz CT molecular complexity index is 2690. The van der Waals surface area contributed by atoms with Crippen molar-refractivity contribution < 1.29 is 0 Å². The Morgan fingerprint density at radius 1 is 0.294 bits per heavy atom. The number of fused-ring (bicyclic) bond motifs is 12. The topological polar surface area (TPSA) is 78.1 Å². The first-order chi connectivity index (χ1) is 33.4. The molecule has 2 aromatic heterocycles. The summed E-state index contributed by atoms with van der Waals surface area (Å²) in [6.07, 6.45) is 33.0. The number of hydrogen-bond donors (Lipinski definition) is 0. The zero-order chi connectivity index (χ0) is 47.6. The van der Waals surface area contributed by atoms with Crippen LogP contribution in [0.25, 0.3) is 75.4 Å². The highest BCUT2D eigenvalue weighted by atomic mass is 16.2. The smallest absolute Gasteiger partial charge is 0.262 e. The molecule has 2 heterocycles. The van der Waals surface area contributed by atoms with Crippen LogP contribution in [-0.4, -0.2) is 9.13 Å². The molecule has 0 unspecified atom stereocenters. The molecule has 6 aromatic carbocycles. The molecule has 0 spiro atoms.